The van der Waals surface area contributed by atoms with Crippen molar-refractivity contribution in [1.82, 2.24) is 0 Å². The Morgan fingerprint density at radius 3 is 1.54 bits per heavy atom. The highest BCUT2D eigenvalue weighted by Crippen LogP contribution is 2.38. The fraction of sp³-hybridized carbons (Fsp3) is 0.958. The molecule has 0 saturated carbocycles. The Labute approximate surface area is 164 Å². The Kier molecular flexibility index (Phi) is 17.5. The Balaban J connectivity index is 4.56. The maximum atomic E-state index is 13.1. The van der Waals surface area contributed by atoms with Gasteiger partial charge in [-0.1, -0.05) is 111 Å². The van der Waals surface area contributed by atoms with Gasteiger partial charge < -0.3 is 4.74 Å². The van der Waals surface area contributed by atoms with Crippen LogP contribution in [0.15, 0.2) is 0 Å². The van der Waals surface area contributed by atoms with Gasteiger partial charge in [-0.15, -0.1) is 0 Å². The third-order valence-corrected chi connectivity index (χ3v) is 5.69. The number of ether oxygens (including phenoxy) is 1. The molecule has 0 aromatic heterocycles. The number of carbonyl (C=O) groups is 1. The smallest absolute Gasteiger partial charge is 0.312 e. The largest absolute Gasteiger partial charge is 0.465 e. The van der Waals surface area contributed by atoms with Crippen molar-refractivity contribution in [3.63, 3.8) is 0 Å². The third kappa shape index (κ3) is 12.0. The molecule has 0 N–H and O–H groups in total. The summed E-state index contributed by atoms with van der Waals surface area (Å²) in [6.07, 6.45) is 20.1. The fourth-order valence-electron chi connectivity index (χ4n) is 3.80. The zero-order chi connectivity index (χ0) is 19.5. The van der Waals surface area contributed by atoms with E-state index >= 15 is 0 Å². The van der Waals surface area contributed by atoms with Gasteiger partial charge in [0.2, 0.25) is 0 Å². The van der Waals surface area contributed by atoms with Gasteiger partial charge in [0.15, 0.2) is 0 Å². The number of rotatable bonds is 19. The average molecular weight is 369 g/mol. The topological polar surface area (TPSA) is 26.3 Å². The first-order chi connectivity index (χ1) is 12.7. The van der Waals surface area contributed by atoms with Crippen molar-refractivity contribution >= 4 is 5.97 Å². The van der Waals surface area contributed by atoms with Crippen LogP contribution in [0.5, 0.6) is 0 Å². The summed E-state index contributed by atoms with van der Waals surface area (Å²) in [7, 11) is 0. The molecule has 0 atom stereocenters. The number of unbranched alkanes of at least 4 members (excludes halogenated alkanes) is 10. The van der Waals surface area contributed by atoms with E-state index in [2.05, 4.69) is 27.7 Å². The van der Waals surface area contributed by atoms with Crippen LogP contribution in [0.3, 0.4) is 0 Å². The summed E-state index contributed by atoms with van der Waals surface area (Å²) < 4.78 is 5.83. The molecule has 0 rings (SSSR count). The summed E-state index contributed by atoms with van der Waals surface area (Å²) in [5.41, 5.74) is -0.206. The van der Waals surface area contributed by atoms with Crippen LogP contribution in [0.2, 0.25) is 0 Å². The van der Waals surface area contributed by atoms with E-state index in [1.807, 2.05) is 0 Å². The molecule has 0 fully saturated rings. The first-order valence-electron chi connectivity index (χ1n) is 11.8. The SMILES string of the molecule is CCCCCCCCOC(=O)C(CCCC)(CCCC)CCCCCC. The first-order valence-corrected chi connectivity index (χ1v) is 11.8. The second-order valence-corrected chi connectivity index (χ2v) is 8.20. The Morgan fingerprint density at radius 1 is 0.577 bits per heavy atom. The van der Waals surface area contributed by atoms with Gasteiger partial charge in [0.05, 0.1) is 12.0 Å². The maximum absolute atomic E-state index is 13.1. The Morgan fingerprint density at radius 2 is 1.00 bits per heavy atom. The molecule has 0 heterocycles. The molecule has 2 nitrogen and oxygen atoms in total. The molecule has 0 spiro atoms. The molecule has 156 valence electrons. The van der Waals surface area contributed by atoms with E-state index in [0.717, 1.165) is 51.4 Å². The van der Waals surface area contributed by atoms with Crippen LogP contribution in [-0.4, -0.2) is 12.6 Å². The van der Waals surface area contributed by atoms with Crippen LogP contribution in [0.1, 0.15) is 137 Å². The highest BCUT2D eigenvalue weighted by atomic mass is 16.5. The molecule has 0 radical (unpaired) electrons. The van der Waals surface area contributed by atoms with Crippen LogP contribution in [0.25, 0.3) is 0 Å². The molecule has 0 aromatic rings. The molecule has 0 unspecified atom stereocenters. The second kappa shape index (κ2) is 17.9. The molecule has 0 aromatic carbocycles. The summed E-state index contributed by atoms with van der Waals surface area (Å²) in [5, 5.41) is 0. The van der Waals surface area contributed by atoms with Crippen LogP contribution in [0.4, 0.5) is 0 Å². The minimum Gasteiger partial charge on any atom is -0.465 e. The lowest BCUT2D eigenvalue weighted by Gasteiger charge is -2.32. The van der Waals surface area contributed by atoms with E-state index < -0.39 is 0 Å². The third-order valence-electron chi connectivity index (χ3n) is 5.69. The van der Waals surface area contributed by atoms with Gasteiger partial charge in [-0.25, -0.2) is 0 Å². The molecule has 2 heteroatoms. The number of hydrogen-bond acceptors (Lipinski definition) is 2. The number of hydrogen-bond donors (Lipinski definition) is 0. The maximum Gasteiger partial charge on any atom is 0.312 e. The summed E-state index contributed by atoms with van der Waals surface area (Å²) in [6, 6.07) is 0. The molecule has 0 amide bonds. The molecular formula is C24H48O2. The number of carbonyl (C=O) groups excluding carboxylic acids is 1. The van der Waals surface area contributed by atoms with E-state index in [4.69, 9.17) is 4.74 Å². The van der Waals surface area contributed by atoms with Gasteiger partial charge in [-0.05, 0) is 25.7 Å². The van der Waals surface area contributed by atoms with Crippen molar-refractivity contribution in [3.8, 4) is 0 Å². The second-order valence-electron chi connectivity index (χ2n) is 8.20. The molecule has 0 bridgehead atoms. The van der Waals surface area contributed by atoms with Crippen molar-refractivity contribution in [2.75, 3.05) is 6.61 Å². The van der Waals surface area contributed by atoms with Gasteiger partial charge >= 0.3 is 5.97 Å². The predicted molar refractivity (Wildman–Crippen MR) is 115 cm³/mol. The lowest BCUT2D eigenvalue weighted by molar-refractivity contribution is -0.158. The molecule has 0 aliphatic carbocycles. The van der Waals surface area contributed by atoms with Crippen molar-refractivity contribution in [1.29, 1.82) is 0 Å². The van der Waals surface area contributed by atoms with Crippen molar-refractivity contribution in [2.45, 2.75) is 137 Å². The summed E-state index contributed by atoms with van der Waals surface area (Å²) in [4.78, 5) is 13.1. The Hall–Kier alpha value is -0.530. The van der Waals surface area contributed by atoms with Gasteiger partial charge in [0.1, 0.15) is 0 Å². The molecule has 0 aliphatic heterocycles. The van der Waals surface area contributed by atoms with Gasteiger partial charge in [0.25, 0.3) is 0 Å². The van der Waals surface area contributed by atoms with E-state index in [1.54, 1.807) is 0 Å². The summed E-state index contributed by atoms with van der Waals surface area (Å²) >= 11 is 0. The van der Waals surface area contributed by atoms with Crippen molar-refractivity contribution in [2.24, 2.45) is 5.41 Å². The van der Waals surface area contributed by atoms with Crippen molar-refractivity contribution < 1.29 is 9.53 Å². The van der Waals surface area contributed by atoms with Crippen LogP contribution >= 0.6 is 0 Å². The lowest BCUT2D eigenvalue weighted by Crippen LogP contribution is -2.33. The van der Waals surface area contributed by atoms with E-state index in [-0.39, 0.29) is 11.4 Å². The summed E-state index contributed by atoms with van der Waals surface area (Å²) in [5.74, 6) is 0.115. The van der Waals surface area contributed by atoms with Crippen LogP contribution < -0.4 is 0 Å². The minimum absolute atomic E-state index is 0.115. The molecule has 26 heavy (non-hydrogen) atoms. The van der Waals surface area contributed by atoms with Crippen LogP contribution in [-0.2, 0) is 9.53 Å². The van der Waals surface area contributed by atoms with E-state index in [9.17, 15) is 4.79 Å². The first kappa shape index (κ1) is 25.5. The van der Waals surface area contributed by atoms with Crippen LogP contribution in [0, 0.1) is 5.41 Å². The van der Waals surface area contributed by atoms with E-state index in [1.165, 1.54) is 57.8 Å². The monoisotopic (exact) mass is 368 g/mol. The predicted octanol–water partition coefficient (Wildman–Crippen LogP) is 8.23. The zero-order valence-electron chi connectivity index (χ0n) is 18.5. The minimum atomic E-state index is -0.206. The summed E-state index contributed by atoms with van der Waals surface area (Å²) in [6.45, 7) is 9.57. The average Bonchev–Trinajstić information content (AvgIpc) is 2.66. The lowest BCUT2D eigenvalue weighted by atomic mass is 9.74. The molecular weight excluding hydrogens is 320 g/mol. The van der Waals surface area contributed by atoms with E-state index in [0.29, 0.717) is 6.61 Å². The van der Waals surface area contributed by atoms with Gasteiger partial charge in [-0.3, -0.25) is 4.79 Å². The standard InChI is InChI=1S/C24H48O2/c1-5-9-13-15-16-18-22-26-23(25)24(19-11-7-3,20-12-8-4)21-17-14-10-6-2/h5-22H2,1-4H3. The van der Waals surface area contributed by atoms with Crippen molar-refractivity contribution in [3.05, 3.63) is 0 Å². The molecule has 0 saturated heterocycles. The number of esters is 1. The van der Waals surface area contributed by atoms with Gasteiger partial charge in [-0.2, -0.15) is 0 Å². The highest BCUT2D eigenvalue weighted by Gasteiger charge is 2.38. The normalized spacial score (nSPS) is 11.7. The Bertz CT molecular complexity index is 303. The highest BCUT2D eigenvalue weighted by molar-refractivity contribution is 5.76. The zero-order valence-corrected chi connectivity index (χ0v) is 18.5. The fourth-order valence-corrected chi connectivity index (χ4v) is 3.80. The quantitative estimate of drug-likeness (QED) is 0.169. The molecule has 0 aliphatic rings. The van der Waals surface area contributed by atoms with Gasteiger partial charge in [0, 0.05) is 0 Å².